The van der Waals surface area contributed by atoms with Crippen molar-refractivity contribution >= 4 is 27.4 Å². The second-order valence-electron chi connectivity index (χ2n) is 7.27. The minimum absolute atomic E-state index is 0.0230. The van der Waals surface area contributed by atoms with Crippen LogP contribution in [0.4, 0.5) is 10.1 Å². The van der Waals surface area contributed by atoms with Gasteiger partial charge < -0.3 is 9.73 Å². The summed E-state index contributed by atoms with van der Waals surface area (Å²) in [4.78, 5) is 25.8. The maximum Gasteiger partial charge on any atom is 0.256 e. The molecule has 0 unspecified atom stereocenters. The van der Waals surface area contributed by atoms with E-state index in [9.17, 15) is 22.4 Å². The van der Waals surface area contributed by atoms with Crippen LogP contribution in [-0.4, -0.2) is 20.1 Å². The number of halogens is 1. The molecule has 9 heteroatoms. The van der Waals surface area contributed by atoms with Gasteiger partial charge in [-0.25, -0.2) is 17.5 Å². The van der Waals surface area contributed by atoms with Gasteiger partial charge in [-0.15, -0.1) is 0 Å². The average Bonchev–Trinajstić information content (AvgIpc) is 3.37. The van der Waals surface area contributed by atoms with Gasteiger partial charge in [0.2, 0.25) is 10.0 Å². The number of furan rings is 1. The molecule has 0 bridgehead atoms. The van der Waals surface area contributed by atoms with Crippen molar-refractivity contribution in [2.45, 2.75) is 11.4 Å². The monoisotopic (exact) mass is 478 g/mol. The number of anilines is 1. The molecule has 34 heavy (non-hydrogen) atoms. The van der Waals surface area contributed by atoms with Crippen LogP contribution in [0.3, 0.4) is 0 Å². The molecular weight excluding hydrogens is 459 g/mol. The lowest BCUT2D eigenvalue weighted by atomic mass is 9.98. The fourth-order valence-corrected chi connectivity index (χ4v) is 4.28. The van der Waals surface area contributed by atoms with Crippen molar-refractivity contribution in [2.75, 3.05) is 5.32 Å². The average molecular weight is 479 g/mol. The van der Waals surface area contributed by atoms with Crippen LogP contribution in [0.1, 0.15) is 32.0 Å². The van der Waals surface area contributed by atoms with E-state index in [4.69, 9.17) is 4.42 Å². The van der Waals surface area contributed by atoms with E-state index in [1.165, 1.54) is 66.9 Å². The van der Waals surface area contributed by atoms with Crippen LogP contribution >= 0.6 is 0 Å². The number of ketones is 1. The van der Waals surface area contributed by atoms with Crippen LogP contribution < -0.4 is 10.0 Å². The highest BCUT2D eigenvalue weighted by Crippen LogP contribution is 2.20. The first kappa shape index (κ1) is 23.1. The molecule has 0 aliphatic carbocycles. The van der Waals surface area contributed by atoms with Crippen LogP contribution in [0.2, 0.25) is 0 Å². The molecule has 0 fully saturated rings. The Morgan fingerprint density at radius 1 is 0.853 bits per heavy atom. The lowest BCUT2D eigenvalue weighted by Crippen LogP contribution is -2.23. The van der Waals surface area contributed by atoms with Crippen molar-refractivity contribution in [3.05, 3.63) is 119 Å². The van der Waals surface area contributed by atoms with E-state index in [-0.39, 0.29) is 33.8 Å². The Morgan fingerprint density at radius 3 is 2.29 bits per heavy atom. The quantitative estimate of drug-likeness (QED) is 0.366. The second kappa shape index (κ2) is 9.82. The maximum absolute atomic E-state index is 13.2. The molecule has 0 spiro atoms. The van der Waals surface area contributed by atoms with Crippen molar-refractivity contribution in [2.24, 2.45) is 0 Å². The van der Waals surface area contributed by atoms with Gasteiger partial charge in [0.05, 0.1) is 23.3 Å². The third kappa shape index (κ3) is 5.28. The van der Waals surface area contributed by atoms with Crippen LogP contribution in [0.5, 0.6) is 0 Å². The highest BCUT2D eigenvalue weighted by atomic mass is 32.2. The molecule has 0 radical (unpaired) electrons. The highest BCUT2D eigenvalue weighted by molar-refractivity contribution is 7.89. The molecule has 1 aromatic heterocycles. The van der Waals surface area contributed by atoms with E-state index in [2.05, 4.69) is 10.0 Å². The molecule has 0 atom stereocenters. The van der Waals surface area contributed by atoms with E-state index in [1.54, 1.807) is 24.3 Å². The zero-order valence-electron chi connectivity index (χ0n) is 17.7. The summed E-state index contributed by atoms with van der Waals surface area (Å²) in [6.45, 7) is -0.0230. The van der Waals surface area contributed by atoms with Gasteiger partial charge in [0.15, 0.2) is 5.78 Å². The summed E-state index contributed by atoms with van der Waals surface area (Å²) in [5, 5.41) is 2.63. The zero-order chi connectivity index (χ0) is 24.1. The summed E-state index contributed by atoms with van der Waals surface area (Å²) >= 11 is 0. The molecule has 0 saturated carbocycles. The highest BCUT2D eigenvalue weighted by Gasteiger charge is 2.20. The number of benzene rings is 3. The second-order valence-corrected chi connectivity index (χ2v) is 9.03. The summed E-state index contributed by atoms with van der Waals surface area (Å²) in [6, 6.07) is 20.3. The largest absolute Gasteiger partial charge is 0.468 e. The minimum atomic E-state index is -3.87. The number of nitrogens with one attached hydrogen (secondary N) is 2. The Labute approximate surface area is 195 Å². The molecule has 172 valence electrons. The van der Waals surface area contributed by atoms with Gasteiger partial charge >= 0.3 is 0 Å². The van der Waals surface area contributed by atoms with Gasteiger partial charge in [-0.2, -0.15) is 0 Å². The van der Waals surface area contributed by atoms with Crippen LogP contribution in [0, 0.1) is 5.82 Å². The van der Waals surface area contributed by atoms with Crippen molar-refractivity contribution in [1.29, 1.82) is 0 Å². The van der Waals surface area contributed by atoms with Crippen LogP contribution in [0.15, 0.2) is 101 Å². The Hall–Kier alpha value is -4.08. The number of sulfonamides is 1. The number of rotatable bonds is 8. The number of amides is 1. The predicted molar refractivity (Wildman–Crippen MR) is 123 cm³/mol. The van der Waals surface area contributed by atoms with Gasteiger partial charge in [0, 0.05) is 16.8 Å². The first-order valence-corrected chi connectivity index (χ1v) is 11.6. The first-order valence-electron chi connectivity index (χ1n) is 10.2. The molecule has 0 saturated heterocycles. The normalized spacial score (nSPS) is 11.2. The Kier molecular flexibility index (Phi) is 6.67. The summed E-state index contributed by atoms with van der Waals surface area (Å²) in [6.07, 6.45) is 1.44. The minimum Gasteiger partial charge on any atom is -0.468 e. The SMILES string of the molecule is O=C(Nc1cccc(S(=O)(=O)NCc2ccco2)c1)c1ccccc1C(=O)c1ccc(F)cc1. The van der Waals surface area contributed by atoms with Gasteiger partial charge in [-0.1, -0.05) is 24.3 Å². The molecule has 4 rings (SSSR count). The first-order chi connectivity index (χ1) is 16.3. The number of hydrogen-bond donors (Lipinski definition) is 2. The molecular formula is C25H19FN2O5S. The molecule has 1 amide bonds. The molecule has 0 aliphatic heterocycles. The molecule has 3 aromatic carbocycles. The van der Waals surface area contributed by atoms with Gasteiger partial charge in [0.1, 0.15) is 11.6 Å². The van der Waals surface area contributed by atoms with E-state index in [1.807, 2.05) is 0 Å². The van der Waals surface area contributed by atoms with Gasteiger partial charge in [0.25, 0.3) is 5.91 Å². The predicted octanol–water partition coefficient (Wildman–Crippen LogP) is 4.38. The zero-order valence-corrected chi connectivity index (χ0v) is 18.5. The summed E-state index contributed by atoms with van der Waals surface area (Å²) in [5.74, 6) is -1.06. The summed E-state index contributed by atoms with van der Waals surface area (Å²) in [7, 11) is -3.87. The Balaban J connectivity index is 1.54. The van der Waals surface area contributed by atoms with Crippen molar-refractivity contribution < 1.29 is 26.8 Å². The lowest BCUT2D eigenvalue weighted by Gasteiger charge is -2.11. The molecule has 2 N–H and O–H groups in total. The fourth-order valence-electron chi connectivity index (χ4n) is 3.24. The number of hydrogen-bond acceptors (Lipinski definition) is 5. The number of carbonyl (C=O) groups is 2. The third-order valence-corrected chi connectivity index (χ3v) is 6.34. The van der Waals surface area contributed by atoms with E-state index in [0.29, 0.717) is 5.76 Å². The van der Waals surface area contributed by atoms with Crippen LogP contribution in [-0.2, 0) is 16.6 Å². The molecule has 0 aliphatic rings. The van der Waals surface area contributed by atoms with E-state index in [0.717, 1.165) is 0 Å². The maximum atomic E-state index is 13.2. The standard InChI is InChI=1S/C25H19FN2O5S/c26-18-12-10-17(11-13-18)24(29)22-8-1-2-9-23(22)25(30)28-19-5-3-7-21(15-19)34(31,32)27-16-20-6-4-14-33-20/h1-15,27H,16H2,(H,28,30). The van der Waals surface area contributed by atoms with Crippen molar-refractivity contribution in [3.8, 4) is 0 Å². The van der Waals surface area contributed by atoms with E-state index < -0.39 is 27.5 Å². The summed E-state index contributed by atoms with van der Waals surface area (Å²) < 4.78 is 46.0. The molecule has 1 heterocycles. The van der Waals surface area contributed by atoms with Gasteiger partial charge in [-0.05, 0) is 60.7 Å². The van der Waals surface area contributed by atoms with Crippen LogP contribution in [0.25, 0.3) is 0 Å². The molecule has 7 nitrogen and oxygen atoms in total. The van der Waals surface area contributed by atoms with Gasteiger partial charge in [-0.3, -0.25) is 9.59 Å². The van der Waals surface area contributed by atoms with E-state index >= 15 is 0 Å². The Bertz CT molecular complexity index is 1430. The topological polar surface area (TPSA) is 105 Å². The fraction of sp³-hybridized carbons (Fsp3) is 0.0400. The van der Waals surface area contributed by atoms with Crippen molar-refractivity contribution in [3.63, 3.8) is 0 Å². The van der Waals surface area contributed by atoms with Crippen molar-refractivity contribution in [1.82, 2.24) is 4.72 Å². The lowest BCUT2D eigenvalue weighted by molar-refractivity contribution is 0.0996. The summed E-state index contributed by atoms with van der Waals surface area (Å²) in [5.41, 5.74) is 0.698. The molecule has 4 aromatic rings. The number of carbonyl (C=O) groups excluding carboxylic acids is 2. The third-order valence-electron chi connectivity index (χ3n) is 4.94. The smallest absolute Gasteiger partial charge is 0.256 e. The Morgan fingerprint density at radius 2 is 1.59 bits per heavy atom.